The van der Waals surface area contributed by atoms with Crippen LogP contribution in [-0.4, -0.2) is 47.1 Å². The number of benzene rings is 1. The van der Waals surface area contributed by atoms with Gasteiger partial charge in [-0.2, -0.15) is 5.10 Å². The molecule has 2 aliphatic rings. The van der Waals surface area contributed by atoms with Crippen LogP contribution < -0.4 is 10.2 Å². The van der Waals surface area contributed by atoms with Crippen molar-refractivity contribution in [3.05, 3.63) is 41.5 Å². The SMILES string of the molecule is Cc1nc2n(n1)C[C@H](NCc1ccccc1N1CCOCC1)CC2. The van der Waals surface area contributed by atoms with Gasteiger partial charge in [0.25, 0.3) is 0 Å². The number of hydrogen-bond acceptors (Lipinski definition) is 5. The fourth-order valence-electron chi connectivity index (χ4n) is 3.63. The first kappa shape index (κ1) is 15.6. The van der Waals surface area contributed by atoms with Crippen LogP contribution in [0, 0.1) is 6.92 Å². The Hall–Kier alpha value is -1.92. The molecule has 1 N–H and O–H groups in total. The second-order valence-electron chi connectivity index (χ2n) is 6.60. The minimum atomic E-state index is 0.455. The molecule has 1 aromatic heterocycles. The van der Waals surface area contributed by atoms with Crippen molar-refractivity contribution in [3.63, 3.8) is 0 Å². The molecule has 0 saturated carbocycles. The third-order valence-corrected chi connectivity index (χ3v) is 4.89. The molecule has 24 heavy (non-hydrogen) atoms. The van der Waals surface area contributed by atoms with Gasteiger partial charge < -0.3 is 15.0 Å². The van der Waals surface area contributed by atoms with Gasteiger partial charge in [0.05, 0.1) is 19.8 Å². The number of nitrogens with one attached hydrogen (secondary N) is 1. The molecule has 6 nitrogen and oxygen atoms in total. The van der Waals surface area contributed by atoms with Crippen LogP contribution in [0.1, 0.15) is 23.6 Å². The zero-order chi connectivity index (χ0) is 16.4. The molecule has 1 atom stereocenters. The Bertz CT molecular complexity index is 692. The molecule has 0 unspecified atom stereocenters. The molecule has 2 aromatic rings. The highest BCUT2D eigenvalue weighted by atomic mass is 16.5. The summed E-state index contributed by atoms with van der Waals surface area (Å²) in [6.07, 6.45) is 2.13. The number of ether oxygens (including phenoxy) is 1. The smallest absolute Gasteiger partial charge is 0.147 e. The molecule has 4 rings (SSSR count). The second-order valence-corrected chi connectivity index (χ2v) is 6.60. The number of morpholine rings is 1. The topological polar surface area (TPSA) is 55.2 Å². The number of aromatic nitrogens is 3. The summed E-state index contributed by atoms with van der Waals surface area (Å²) in [5.41, 5.74) is 2.70. The van der Waals surface area contributed by atoms with E-state index in [1.54, 1.807) is 0 Å². The van der Waals surface area contributed by atoms with Gasteiger partial charge in [0.15, 0.2) is 0 Å². The molecular formula is C18H25N5O. The minimum absolute atomic E-state index is 0.455. The molecule has 3 heterocycles. The number of para-hydroxylation sites is 1. The lowest BCUT2D eigenvalue weighted by Gasteiger charge is -2.31. The maximum Gasteiger partial charge on any atom is 0.147 e. The van der Waals surface area contributed by atoms with Crippen molar-refractivity contribution in [2.24, 2.45) is 0 Å². The Morgan fingerprint density at radius 1 is 1.25 bits per heavy atom. The molecule has 1 saturated heterocycles. The van der Waals surface area contributed by atoms with Gasteiger partial charge in [-0.25, -0.2) is 9.67 Å². The van der Waals surface area contributed by atoms with Crippen LogP contribution in [0.4, 0.5) is 5.69 Å². The van der Waals surface area contributed by atoms with E-state index in [0.717, 1.165) is 63.9 Å². The lowest BCUT2D eigenvalue weighted by molar-refractivity contribution is 0.122. The van der Waals surface area contributed by atoms with Crippen LogP contribution in [0.2, 0.25) is 0 Å². The maximum absolute atomic E-state index is 5.48. The Morgan fingerprint density at radius 2 is 2.08 bits per heavy atom. The van der Waals surface area contributed by atoms with Crippen LogP contribution in [-0.2, 0) is 24.2 Å². The number of hydrogen-bond donors (Lipinski definition) is 1. The lowest BCUT2D eigenvalue weighted by atomic mass is 10.1. The summed E-state index contributed by atoms with van der Waals surface area (Å²) >= 11 is 0. The van der Waals surface area contributed by atoms with E-state index in [9.17, 15) is 0 Å². The Labute approximate surface area is 142 Å². The summed E-state index contributed by atoms with van der Waals surface area (Å²) < 4.78 is 7.54. The van der Waals surface area contributed by atoms with Crippen molar-refractivity contribution in [1.29, 1.82) is 0 Å². The van der Waals surface area contributed by atoms with E-state index in [0.29, 0.717) is 6.04 Å². The quantitative estimate of drug-likeness (QED) is 0.923. The first-order valence-corrected chi connectivity index (χ1v) is 8.84. The van der Waals surface area contributed by atoms with Crippen LogP contribution in [0.15, 0.2) is 24.3 Å². The molecular weight excluding hydrogens is 302 g/mol. The van der Waals surface area contributed by atoms with Gasteiger partial charge in [-0.3, -0.25) is 0 Å². The number of anilines is 1. The van der Waals surface area contributed by atoms with E-state index in [1.165, 1.54) is 11.3 Å². The predicted molar refractivity (Wildman–Crippen MR) is 93.2 cm³/mol. The number of rotatable bonds is 4. The van der Waals surface area contributed by atoms with Gasteiger partial charge in [0.2, 0.25) is 0 Å². The standard InChI is InChI=1S/C18H25N5O/c1-14-20-18-7-6-16(13-23(18)21-14)19-12-15-4-2-3-5-17(15)22-8-10-24-11-9-22/h2-5,16,19H,6-13H2,1H3/t16-/m1/s1. The highest BCUT2D eigenvalue weighted by Crippen LogP contribution is 2.22. The van der Waals surface area contributed by atoms with E-state index >= 15 is 0 Å². The maximum atomic E-state index is 5.48. The summed E-state index contributed by atoms with van der Waals surface area (Å²) in [4.78, 5) is 6.92. The van der Waals surface area contributed by atoms with Crippen molar-refractivity contribution in [2.75, 3.05) is 31.2 Å². The summed E-state index contributed by atoms with van der Waals surface area (Å²) in [7, 11) is 0. The Kier molecular flexibility index (Phi) is 4.49. The van der Waals surface area contributed by atoms with Crippen LogP contribution in [0.5, 0.6) is 0 Å². The highest BCUT2D eigenvalue weighted by Gasteiger charge is 2.21. The molecule has 128 valence electrons. The van der Waals surface area contributed by atoms with E-state index < -0.39 is 0 Å². The highest BCUT2D eigenvalue weighted by molar-refractivity contribution is 5.53. The van der Waals surface area contributed by atoms with Crippen LogP contribution in [0.3, 0.4) is 0 Å². The minimum Gasteiger partial charge on any atom is -0.378 e. The van der Waals surface area contributed by atoms with Gasteiger partial charge >= 0.3 is 0 Å². The van der Waals surface area contributed by atoms with Crippen molar-refractivity contribution in [3.8, 4) is 0 Å². The van der Waals surface area contributed by atoms with E-state index in [4.69, 9.17) is 4.74 Å². The van der Waals surface area contributed by atoms with Gasteiger partial charge in [-0.15, -0.1) is 0 Å². The molecule has 6 heteroatoms. The van der Waals surface area contributed by atoms with Crippen LogP contribution >= 0.6 is 0 Å². The molecule has 1 fully saturated rings. The van der Waals surface area contributed by atoms with Crippen molar-refractivity contribution in [1.82, 2.24) is 20.1 Å². The second kappa shape index (κ2) is 6.91. The summed E-state index contributed by atoms with van der Waals surface area (Å²) in [5.74, 6) is 2.00. The third-order valence-electron chi connectivity index (χ3n) is 4.89. The third kappa shape index (κ3) is 3.30. The Morgan fingerprint density at radius 3 is 2.96 bits per heavy atom. The first-order chi connectivity index (χ1) is 11.8. The van der Waals surface area contributed by atoms with Crippen LogP contribution in [0.25, 0.3) is 0 Å². The van der Waals surface area contributed by atoms with Gasteiger partial charge in [-0.1, -0.05) is 18.2 Å². The van der Waals surface area contributed by atoms with Gasteiger partial charge in [0, 0.05) is 37.8 Å². The van der Waals surface area contributed by atoms with Gasteiger partial charge in [-0.05, 0) is 25.0 Å². The molecule has 0 amide bonds. The molecule has 2 aliphatic heterocycles. The molecule has 1 aromatic carbocycles. The largest absolute Gasteiger partial charge is 0.378 e. The monoisotopic (exact) mass is 327 g/mol. The first-order valence-electron chi connectivity index (χ1n) is 8.84. The number of aryl methyl sites for hydroxylation is 2. The lowest BCUT2D eigenvalue weighted by Crippen LogP contribution is -2.39. The van der Waals surface area contributed by atoms with Gasteiger partial charge in [0.1, 0.15) is 11.6 Å². The van der Waals surface area contributed by atoms with Crippen molar-refractivity contribution in [2.45, 2.75) is 38.9 Å². The summed E-state index contributed by atoms with van der Waals surface area (Å²) in [5, 5.41) is 8.21. The normalized spacial score (nSPS) is 20.9. The predicted octanol–water partition coefficient (Wildman–Crippen LogP) is 1.53. The van der Waals surface area contributed by atoms with E-state index in [1.807, 2.05) is 6.92 Å². The van der Waals surface area contributed by atoms with Crippen molar-refractivity contribution >= 4 is 5.69 Å². The number of fused-ring (bicyclic) bond motifs is 1. The average Bonchev–Trinajstić information content (AvgIpc) is 3.00. The fraction of sp³-hybridized carbons (Fsp3) is 0.556. The van der Waals surface area contributed by atoms with E-state index in [2.05, 4.69) is 49.2 Å². The molecule has 0 bridgehead atoms. The zero-order valence-electron chi connectivity index (χ0n) is 14.2. The molecule has 0 radical (unpaired) electrons. The zero-order valence-corrected chi connectivity index (χ0v) is 14.2. The summed E-state index contributed by atoms with van der Waals surface area (Å²) in [6, 6.07) is 9.16. The molecule has 0 aliphatic carbocycles. The number of nitrogens with zero attached hydrogens (tertiary/aromatic N) is 4. The molecule has 0 spiro atoms. The fourth-order valence-corrected chi connectivity index (χ4v) is 3.63. The summed E-state index contributed by atoms with van der Waals surface area (Å²) in [6.45, 7) is 7.35. The average molecular weight is 327 g/mol. The van der Waals surface area contributed by atoms with E-state index in [-0.39, 0.29) is 0 Å². The Balaban J connectivity index is 1.41. The van der Waals surface area contributed by atoms with Crippen molar-refractivity contribution < 1.29 is 4.74 Å².